The van der Waals surface area contributed by atoms with Crippen LogP contribution in [-0.2, 0) is 10.2 Å². The van der Waals surface area contributed by atoms with Crippen LogP contribution in [0.4, 0.5) is 8.78 Å². The van der Waals surface area contributed by atoms with Crippen LogP contribution in [-0.4, -0.2) is 11.5 Å². The molecule has 0 heterocycles. The molecule has 0 N–H and O–H groups in total. The molecule has 0 aliphatic heterocycles. The Morgan fingerprint density at radius 2 is 1.62 bits per heavy atom. The third-order valence-electron chi connectivity index (χ3n) is 7.48. The predicted molar refractivity (Wildman–Crippen MR) is 133 cm³/mol. The number of allylic oxidation sites excluding steroid dienone is 4. The van der Waals surface area contributed by atoms with Crippen LogP contribution in [0.25, 0.3) is 0 Å². The Morgan fingerprint density at radius 1 is 1.00 bits per heavy atom. The number of unbranched alkanes of at least 4 members (excludes halogenated alkanes) is 5. The lowest BCUT2D eigenvalue weighted by molar-refractivity contribution is -0.112. The summed E-state index contributed by atoms with van der Waals surface area (Å²) in [6, 6.07) is 7.71. The zero-order valence-corrected chi connectivity index (χ0v) is 20.2. The molecule has 0 aromatic heterocycles. The summed E-state index contributed by atoms with van der Waals surface area (Å²) in [6.45, 7) is 2.25. The van der Waals surface area contributed by atoms with Gasteiger partial charge in [0.2, 0.25) is 0 Å². The van der Waals surface area contributed by atoms with E-state index in [1.54, 1.807) is 12.2 Å². The van der Waals surface area contributed by atoms with Crippen molar-refractivity contribution in [1.29, 1.82) is 0 Å². The average molecular weight is 461 g/mol. The van der Waals surface area contributed by atoms with Gasteiger partial charge in [-0.3, -0.25) is 4.79 Å². The number of carbonyl (C=O) groups is 1. The van der Waals surface area contributed by atoms with Crippen LogP contribution >= 0.6 is 12.6 Å². The molecule has 1 nitrogen and oxygen atoms in total. The Morgan fingerprint density at radius 3 is 2.25 bits per heavy atom. The van der Waals surface area contributed by atoms with Crippen LogP contribution in [0.3, 0.4) is 0 Å². The van der Waals surface area contributed by atoms with Crippen molar-refractivity contribution < 1.29 is 13.6 Å². The largest absolute Gasteiger partial charge is 0.286 e. The summed E-state index contributed by atoms with van der Waals surface area (Å²) >= 11 is 3.87. The number of carbonyl (C=O) groups excluding carboxylic acids is 1. The molecule has 0 saturated heterocycles. The van der Waals surface area contributed by atoms with Crippen molar-refractivity contribution in [1.82, 2.24) is 0 Å². The smallest absolute Gasteiger partial charge is 0.255 e. The first kappa shape index (κ1) is 25.2. The van der Waals surface area contributed by atoms with Gasteiger partial charge in [0.25, 0.3) is 6.43 Å². The van der Waals surface area contributed by atoms with Gasteiger partial charge in [-0.15, -0.1) is 12.6 Å². The van der Waals surface area contributed by atoms with Gasteiger partial charge >= 0.3 is 0 Å². The van der Waals surface area contributed by atoms with Crippen molar-refractivity contribution >= 4 is 17.7 Å². The van der Waals surface area contributed by atoms with Gasteiger partial charge < -0.3 is 0 Å². The molecule has 1 aromatic rings. The lowest BCUT2D eigenvalue weighted by atomic mass is 9.69. The van der Waals surface area contributed by atoms with E-state index < -0.39 is 17.8 Å². The van der Waals surface area contributed by atoms with Gasteiger partial charge in [-0.1, -0.05) is 100 Å². The van der Waals surface area contributed by atoms with Crippen LogP contribution < -0.4 is 0 Å². The highest BCUT2D eigenvalue weighted by atomic mass is 32.1. The Kier molecular flexibility index (Phi) is 9.58. The summed E-state index contributed by atoms with van der Waals surface area (Å²) in [6.07, 6.45) is 17.5. The van der Waals surface area contributed by atoms with Gasteiger partial charge in [0.15, 0.2) is 5.12 Å². The van der Waals surface area contributed by atoms with E-state index in [9.17, 15) is 13.6 Å². The van der Waals surface area contributed by atoms with Crippen LogP contribution in [0.2, 0.25) is 0 Å². The van der Waals surface area contributed by atoms with Gasteiger partial charge in [0.1, 0.15) is 0 Å². The molecule has 0 spiro atoms. The van der Waals surface area contributed by atoms with Crippen molar-refractivity contribution in [2.24, 2.45) is 11.8 Å². The van der Waals surface area contributed by atoms with E-state index in [1.165, 1.54) is 69.9 Å². The molecule has 0 bridgehead atoms. The number of halogens is 2. The molecule has 1 fully saturated rings. The molecule has 0 radical (unpaired) electrons. The predicted octanol–water partition coefficient (Wildman–Crippen LogP) is 8.41. The summed E-state index contributed by atoms with van der Waals surface area (Å²) in [5.74, 6) is 0.578. The normalized spacial score (nSPS) is 27.7. The molecular weight excluding hydrogens is 422 g/mol. The van der Waals surface area contributed by atoms with E-state index in [1.807, 2.05) is 24.3 Å². The highest BCUT2D eigenvalue weighted by Crippen LogP contribution is 2.45. The molecule has 3 rings (SSSR count). The molecule has 0 atom stereocenters. The molecule has 0 amide bonds. The summed E-state index contributed by atoms with van der Waals surface area (Å²) in [4.78, 5) is 11.6. The maximum absolute atomic E-state index is 14.4. The monoisotopic (exact) mass is 460 g/mol. The number of hydrogen-bond acceptors (Lipinski definition) is 1. The van der Waals surface area contributed by atoms with Crippen molar-refractivity contribution in [3.8, 4) is 0 Å². The maximum atomic E-state index is 14.4. The van der Waals surface area contributed by atoms with Crippen LogP contribution in [0, 0.1) is 11.8 Å². The van der Waals surface area contributed by atoms with Crippen LogP contribution in [0.5, 0.6) is 0 Å². The zero-order valence-electron chi connectivity index (χ0n) is 19.3. The van der Waals surface area contributed by atoms with Crippen molar-refractivity contribution in [3.63, 3.8) is 0 Å². The van der Waals surface area contributed by atoms with E-state index in [0.717, 1.165) is 24.3 Å². The van der Waals surface area contributed by atoms with E-state index >= 15 is 0 Å². The Balaban J connectivity index is 1.65. The topological polar surface area (TPSA) is 17.1 Å². The Labute approximate surface area is 198 Å². The SMILES string of the molecule is CCCCCCCC[C@H]1CC[C@H](c2ccccc2C2(C(F)F)C=CC(C(=O)S)C=C2)CC1. The van der Waals surface area contributed by atoms with Gasteiger partial charge in [0, 0.05) is 0 Å². The number of benzene rings is 1. The van der Waals surface area contributed by atoms with Crippen molar-refractivity contribution in [2.75, 3.05) is 0 Å². The fourth-order valence-electron chi connectivity index (χ4n) is 5.48. The van der Waals surface area contributed by atoms with E-state index in [4.69, 9.17) is 0 Å². The molecule has 2 aliphatic rings. The van der Waals surface area contributed by atoms with Crippen molar-refractivity contribution in [3.05, 3.63) is 59.7 Å². The van der Waals surface area contributed by atoms with E-state index in [2.05, 4.69) is 19.6 Å². The van der Waals surface area contributed by atoms with Crippen molar-refractivity contribution in [2.45, 2.75) is 95.3 Å². The Bertz CT molecular complexity index is 778. The minimum Gasteiger partial charge on any atom is -0.286 e. The summed E-state index contributed by atoms with van der Waals surface area (Å²) in [5.41, 5.74) is 0.272. The van der Waals surface area contributed by atoms with Gasteiger partial charge in [-0.05, 0) is 48.6 Å². The fourth-order valence-corrected chi connectivity index (χ4v) is 5.65. The Hall–Kier alpha value is -1.42. The van der Waals surface area contributed by atoms with E-state index in [0.29, 0.717) is 11.5 Å². The molecule has 176 valence electrons. The number of thiol groups is 1. The van der Waals surface area contributed by atoms with Gasteiger partial charge in [0.05, 0.1) is 11.3 Å². The highest BCUT2D eigenvalue weighted by Gasteiger charge is 2.41. The zero-order chi connectivity index (χ0) is 23.0. The second kappa shape index (κ2) is 12.2. The molecular formula is C28H38F2OS. The maximum Gasteiger partial charge on any atom is 0.255 e. The molecule has 1 aromatic carbocycles. The number of alkyl halides is 2. The third kappa shape index (κ3) is 6.12. The molecule has 4 heteroatoms. The molecule has 2 aliphatic carbocycles. The first-order chi connectivity index (χ1) is 15.5. The minimum absolute atomic E-state index is 0.322. The first-order valence-electron chi connectivity index (χ1n) is 12.5. The van der Waals surface area contributed by atoms with Gasteiger partial charge in [-0.2, -0.15) is 0 Å². The molecule has 32 heavy (non-hydrogen) atoms. The second-order valence-electron chi connectivity index (χ2n) is 9.68. The number of rotatable bonds is 11. The van der Waals surface area contributed by atoms with Crippen LogP contribution in [0.1, 0.15) is 94.6 Å². The van der Waals surface area contributed by atoms with Crippen LogP contribution in [0.15, 0.2) is 48.6 Å². The molecule has 1 saturated carbocycles. The number of hydrogen-bond donors (Lipinski definition) is 1. The molecule has 0 unspecified atom stereocenters. The standard InChI is InChI=1S/C28H38F2OS/c1-2-3-4-5-6-7-10-21-13-15-22(16-14-21)24-11-8-9-12-25(24)28(27(29)30)19-17-23(18-20-28)26(31)32/h8-9,11-12,17-23,27H,2-7,10,13-16H2,1H3,(H,31,32)/t21-,22-,23?,28?. The first-order valence-corrected chi connectivity index (χ1v) is 12.9. The lowest BCUT2D eigenvalue weighted by Crippen LogP contribution is -2.34. The van der Waals surface area contributed by atoms with Gasteiger partial charge in [-0.25, -0.2) is 8.78 Å². The fraction of sp³-hybridized carbons (Fsp3) is 0.607. The third-order valence-corrected chi connectivity index (χ3v) is 7.78. The summed E-state index contributed by atoms with van der Waals surface area (Å²) in [5, 5.41) is -0.322. The second-order valence-corrected chi connectivity index (χ2v) is 10.1. The quantitative estimate of drug-likeness (QED) is 0.199. The summed E-state index contributed by atoms with van der Waals surface area (Å²) in [7, 11) is 0. The highest BCUT2D eigenvalue weighted by molar-refractivity contribution is 7.96. The summed E-state index contributed by atoms with van der Waals surface area (Å²) < 4.78 is 28.9. The minimum atomic E-state index is -2.57. The van der Waals surface area contributed by atoms with E-state index in [-0.39, 0.29) is 5.12 Å². The lowest BCUT2D eigenvalue weighted by Gasteiger charge is -2.36. The average Bonchev–Trinajstić information content (AvgIpc) is 2.81.